The Bertz CT molecular complexity index is 464. The summed E-state index contributed by atoms with van der Waals surface area (Å²) in [4.78, 5) is 13.6. The van der Waals surface area contributed by atoms with Gasteiger partial charge in [-0.05, 0) is 32.4 Å². The summed E-state index contributed by atoms with van der Waals surface area (Å²) in [5.74, 6) is 4.90. The van der Waals surface area contributed by atoms with Crippen molar-refractivity contribution in [2.24, 2.45) is 5.84 Å². The van der Waals surface area contributed by atoms with E-state index >= 15 is 0 Å². The standard InChI is InChI=1S/C15H23N3O2/c1-11-4-3-5-12(8-11)9-18(2)10-13-6-7-14(20-13)15(19)17-16/h3-5,8,13-14H,6-7,9-10,16H2,1-2H3,(H,17,19). The van der Waals surface area contributed by atoms with Crippen LogP contribution in [0.25, 0.3) is 0 Å². The van der Waals surface area contributed by atoms with Crippen LogP contribution in [0.4, 0.5) is 0 Å². The summed E-state index contributed by atoms with van der Waals surface area (Å²) in [5.41, 5.74) is 4.71. The second-order valence-electron chi connectivity index (χ2n) is 5.52. The number of rotatable bonds is 5. The number of amides is 1. The molecule has 1 amide bonds. The maximum Gasteiger partial charge on any atom is 0.263 e. The van der Waals surface area contributed by atoms with Gasteiger partial charge in [0.25, 0.3) is 5.91 Å². The van der Waals surface area contributed by atoms with E-state index in [0.717, 1.165) is 25.9 Å². The number of hydrazine groups is 1. The Hall–Kier alpha value is -1.43. The Morgan fingerprint density at radius 3 is 3.00 bits per heavy atom. The lowest BCUT2D eigenvalue weighted by Gasteiger charge is -2.21. The maximum absolute atomic E-state index is 11.4. The molecule has 2 unspecified atom stereocenters. The molecule has 0 radical (unpaired) electrons. The third kappa shape index (κ3) is 4.03. The summed E-state index contributed by atoms with van der Waals surface area (Å²) in [6.45, 7) is 3.80. The number of nitrogens with zero attached hydrogens (tertiary/aromatic N) is 1. The Morgan fingerprint density at radius 1 is 1.50 bits per heavy atom. The van der Waals surface area contributed by atoms with Crippen molar-refractivity contribution in [3.63, 3.8) is 0 Å². The van der Waals surface area contributed by atoms with Crippen molar-refractivity contribution in [3.05, 3.63) is 35.4 Å². The van der Waals surface area contributed by atoms with E-state index in [4.69, 9.17) is 10.6 Å². The molecule has 2 atom stereocenters. The number of nitrogens with two attached hydrogens (primary N) is 1. The molecule has 1 heterocycles. The van der Waals surface area contributed by atoms with Crippen LogP contribution in [0.2, 0.25) is 0 Å². The molecular formula is C15H23N3O2. The number of carbonyl (C=O) groups is 1. The smallest absolute Gasteiger partial charge is 0.263 e. The second kappa shape index (κ2) is 6.83. The van der Waals surface area contributed by atoms with Crippen LogP contribution in [0.5, 0.6) is 0 Å². The SMILES string of the molecule is Cc1cccc(CN(C)CC2CCC(C(=O)NN)O2)c1. The van der Waals surface area contributed by atoms with Crippen LogP contribution >= 0.6 is 0 Å². The highest BCUT2D eigenvalue weighted by Crippen LogP contribution is 2.20. The summed E-state index contributed by atoms with van der Waals surface area (Å²) >= 11 is 0. The molecule has 2 rings (SSSR count). The molecule has 1 aromatic carbocycles. The minimum absolute atomic E-state index is 0.104. The fourth-order valence-electron chi connectivity index (χ4n) is 2.66. The van der Waals surface area contributed by atoms with E-state index < -0.39 is 6.10 Å². The van der Waals surface area contributed by atoms with Gasteiger partial charge in [-0.1, -0.05) is 29.8 Å². The quantitative estimate of drug-likeness (QED) is 0.478. The van der Waals surface area contributed by atoms with Gasteiger partial charge in [-0.2, -0.15) is 0 Å². The molecule has 0 aromatic heterocycles. The topological polar surface area (TPSA) is 67.6 Å². The summed E-state index contributed by atoms with van der Waals surface area (Å²) in [6, 6.07) is 8.49. The third-order valence-electron chi connectivity index (χ3n) is 3.59. The number of aryl methyl sites for hydroxylation is 1. The van der Waals surface area contributed by atoms with Gasteiger partial charge in [-0.25, -0.2) is 5.84 Å². The Balaban J connectivity index is 1.81. The van der Waals surface area contributed by atoms with E-state index in [1.54, 1.807) is 0 Å². The van der Waals surface area contributed by atoms with Crippen LogP contribution in [-0.2, 0) is 16.1 Å². The van der Waals surface area contributed by atoms with Gasteiger partial charge in [-0.15, -0.1) is 0 Å². The average Bonchev–Trinajstić information content (AvgIpc) is 2.86. The molecule has 5 heteroatoms. The zero-order valence-corrected chi connectivity index (χ0v) is 12.1. The lowest BCUT2D eigenvalue weighted by molar-refractivity contribution is -0.132. The lowest BCUT2D eigenvalue weighted by Crippen LogP contribution is -2.39. The first-order valence-electron chi connectivity index (χ1n) is 6.98. The van der Waals surface area contributed by atoms with Gasteiger partial charge in [0.1, 0.15) is 6.10 Å². The summed E-state index contributed by atoms with van der Waals surface area (Å²) < 4.78 is 5.71. The molecule has 110 valence electrons. The third-order valence-corrected chi connectivity index (χ3v) is 3.59. The van der Waals surface area contributed by atoms with Crippen LogP contribution in [0.1, 0.15) is 24.0 Å². The van der Waals surface area contributed by atoms with Crippen LogP contribution in [0.3, 0.4) is 0 Å². The summed E-state index contributed by atoms with van der Waals surface area (Å²) in [5, 5.41) is 0. The van der Waals surface area contributed by atoms with Crippen molar-refractivity contribution >= 4 is 5.91 Å². The molecule has 5 nitrogen and oxygen atoms in total. The predicted octanol–water partition coefficient (Wildman–Crippen LogP) is 0.964. The zero-order chi connectivity index (χ0) is 14.5. The first kappa shape index (κ1) is 15.0. The Labute approximate surface area is 120 Å². The number of nitrogens with one attached hydrogen (secondary N) is 1. The monoisotopic (exact) mass is 277 g/mol. The van der Waals surface area contributed by atoms with Crippen molar-refractivity contribution in [1.29, 1.82) is 0 Å². The number of hydrogen-bond donors (Lipinski definition) is 2. The number of likely N-dealkylation sites (N-methyl/N-ethyl adjacent to an activating group) is 1. The highest BCUT2D eigenvalue weighted by Gasteiger charge is 2.30. The van der Waals surface area contributed by atoms with Crippen molar-refractivity contribution in [1.82, 2.24) is 10.3 Å². The fraction of sp³-hybridized carbons (Fsp3) is 0.533. The van der Waals surface area contributed by atoms with E-state index in [2.05, 4.69) is 48.6 Å². The van der Waals surface area contributed by atoms with Gasteiger partial charge in [0.2, 0.25) is 0 Å². The van der Waals surface area contributed by atoms with Gasteiger partial charge in [-0.3, -0.25) is 15.1 Å². The average molecular weight is 277 g/mol. The van der Waals surface area contributed by atoms with Gasteiger partial charge < -0.3 is 4.74 Å². The number of hydrogen-bond acceptors (Lipinski definition) is 4. The lowest BCUT2D eigenvalue weighted by atomic mass is 10.1. The number of ether oxygens (including phenoxy) is 1. The molecule has 3 N–H and O–H groups in total. The van der Waals surface area contributed by atoms with E-state index in [1.807, 2.05) is 0 Å². The fourth-order valence-corrected chi connectivity index (χ4v) is 2.66. The zero-order valence-electron chi connectivity index (χ0n) is 12.1. The molecule has 0 saturated carbocycles. The molecule has 1 aromatic rings. The molecule has 0 bridgehead atoms. The highest BCUT2D eigenvalue weighted by atomic mass is 16.5. The van der Waals surface area contributed by atoms with Crippen LogP contribution in [-0.4, -0.2) is 36.6 Å². The summed E-state index contributed by atoms with van der Waals surface area (Å²) in [7, 11) is 2.07. The maximum atomic E-state index is 11.4. The first-order chi connectivity index (χ1) is 9.58. The highest BCUT2D eigenvalue weighted by molar-refractivity contribution is 5.80. The van der Waals surface area contributed by atoms with Crippen molar-refractivity contribution in [2.75, 3.05) is 13.6 Å². The largest absolute Gasteiger partial charge is 0.364 e. The van der Waals surface area contributed by atoms with Crippen LogP contribution < -0.4 is 11.3 Å². The number of benzene rings is 1. The van der Waals surface area contributed by atoms with Crippen molar-refractivity contribution in [2.45, 2.75) is 38.5 Å². The van der Waals surface area contributed by atoms with Gasteiger partial charge in [0.05, 0.1) is 6.10 Å². The minimum atomic E-state index is -0.391. The molecule has 1 aliphatic rings. The van der Waals surface area contributed by atoms with E-state index in [-0.39, 0.29) is 12.0 Å². The normalized spacial score (nSPS) is 22.2. The molecule has 1 aliphatic heterocycles. The van der Waals surface area contributed by atoms with Crippen LogP contribution in [0, 0.1) is 6.92 Å². The van der Waals surface area contributed by atoms with E-state index in [0.29, 0.717) is 0 Å². The van der Waals surface area contributed by atoms with Gasteiger partial charge in [0.15, 0.2) is 0 Å². The number of carbonyl (C=O) groups excluding carboxylic acids is 1. The molecular weight excluding hydrogens is 254 g/mol. The van der Waals surface area contributed by atoms with Crippen LogP contribution in [0.15, 0.2) is 24.3 Å². The Kier molecular flexibility index (Phi) is 5.11. The molecule has 0 spiro atoms. The van der Waals surface area contributed by atoms with Crippen molar-refractivity contribution in [3.8, 4) is 0 Å². The van der Waals surface area contributed by atoms with E-state index in [9.17, 15) is 4.79 Å². The molecule has 1 fully saturated rings. The first-order valence-corrected chi connectivity index (χ1v) is 6.98. The predicted molar refractivity (Wildman–Crippen MR) is 77.7 cm³/mol. The molecule has 1 saturated heterocycles. The second-order valence-corrected chi connectivity index (χ2v) is 5.52. The molecule has 0 aliphatic carbocycles. The summed E-state index contributed by atoms with van der Waals surface area (Å²) in [6.07, 6.45) is 1.35. The van der Waals surface area contributed by atoms with Crippen molar-refractivity contribution < 1.29 is 9.53 Å². The van der Waals surface area contributed by atoms with E-state index in [1.165, 1.54) is 11.1 Å². The van der Waals surface area contributed by atoms with Gasteiger partial charge >= 0.3 is 0 Å². The van der Waals surface area contributed by atoms with Gasteiger partial charge in [0, 0.05) is 13.1 Å². The molecule has 20 heavy (non-hydrogen) atoms. The Morgan fingerprint density at radius 2 is 2.30 bits per heavy atom. The minimum Gasteiger partial charge on any atom is -0.364 e.